The van der Waals surface area contributed by atoms with Gasteiger partial charge < -0.3 is 15.1 Å². The third-order valence-corrected chi connectivity index (χ3v) is 4.77. The summed E-state index contributed by atoms with van der Waals surface area (Å²) in [6.45, 7) is 5.13. The van der Waals surface area contributed by atoms with Crippen LogP contribution >= 0.6 is 11.3 Å². The molecule has 0 spiro atoms. The highest BCUT2D eigenvalue weighted by Crippen LogP contribution is 2.18. The van der Waals surface area contributed by atoms with Gasteiger partial charge in [-0.1, -0.05) is 29.8 Å². The summed E-state index contributed by atoms with van der Waals surface area (Å²) in [5.41, 5.74) is 3.36. The molecule has 5 nitrogen and oxygen atoms in total. The molecule has 1 unspecified atom stereocenters. The Morgan fingerprint density at radius 1 is 1.21 bits per heavy atom. The van der Waals surface area contributed by atoms with E-state index >= 15 is 0 Å². The summed E-state index contributed by atoms with van der Waals surface area (Å²) in [5.74, 6) is 0. The average molecular weight is 347 g/mol. The van der Waals surface area contributed by atoms with E-state index in [0.29, 0.717) is 13.1 Å². The molecule has 24 heavy (non-hydrogen) atoms. The van der Waals surface area contributed by atoms with Crippen molar-refractivity contribution >= 4 is 17.4 Å². The number of rotatable bonds is 6. The smallest absolute Gasteiger partial charge is 0.317 e. The van der Waals surface area contributed by atoms with E-state index in [4.69, 9.17) is 0 Å². The minimum absolute atomic E-state index is 0.0837. The predicted octanol–water partition coefficient (Wildman–Crippen LogP) is 3.20. The second-order valence-electron chi connectivity index (χ2n) is 6.29. The van der Waals surface area contributed by atoms with E-state index < -0.39 is 0 Å². The van der Waals surface area contributed by atoms with Crippen molar-refractivity contribution in [3.8, 4) is 0 Å². The molecule has 1 atom stereocenters. The van der Waals surface area contributed by atoms with Gasteiger partial charge in [0.2, 0.25) is 0 Å². The Hall–Kier alpha value is -1.92. The summed E-state index contributed by atoms with van der Waals surface area (Å²) in [6, 6.07) is 8.50. The molecule has 0 saturated heterocycles. The number of amides is 2. The van der Waals surface area contributed by atoms with Gasteiger partial charge in [-0.15, -0.1) is 11.3 Å². The average Bonchev–Trinajstić information content (AvgIpc) is 2.93. The van der Waals surface area contributed by atoms with Gasteiger partial charge in [0.25, 0.3) is 0 Å². The number of benzene rings is 1. The molecule has 1 aromatic heterocycles. The number of aromatic nitrogens is 1. The Bertz CT molecular complexity index is 666. The molecule has 2 amide bonds. The first-order valence-corrected chi connectivity index (χ1v) is 8.87. The van der Waals surface area contributed by atoms with Gasteiger partial charge in [0, 0.05) is 19.0 Å². The van der Waals surface area contributed by atoms with E-state index in [9.17, 15) is 4.79 Å². The maximum Gasteiger partial charge on any atom is 0.317 e. The second-order valence-corrected chi connectivity index (χ2v) is 7.35. The van der Waals surface area contributed by atoms with Crippen LogP contribution in [-0.4, -0.2) is 48.5 Å². The molecule has 2 aromatic rings. The zero-order valence-corrected chi connectivity index (χ0v) is 15.9. The highest BCUT2D eigenvalue weighted by molar-refractivity contribution is 7.09. The number of nitrogens with zero attached hydrogens (tertiary/aromatic N) is 3. The lowest BCUT2D eigenvalue weighted by Gasteiger charge is -2.26. The van der Waals surface area contributed by atoms with Gasteiger partial charge in [-0.2, -0.15) is 0 Å². The van der Waals surface area contributed by atoms with Crippen molar-refractivity contribution in [1.29, 1.82) is 0 Å². The Morgan fingerprint density at radius 3 is 2.42 bits per heavy atom. The SMILES string of the molecule is Cc1ccc(C(CNC(=O)N(C)Cc2csc(C)n2)N(C)C)cc1. The molecule has 1 heterocycles. The van der Waals surface area contributed by atoms with Crippen LogP contribution in [0.4, 0.5) is 4.79 Å². The molecule has 2 rings (SSSR count). The molecule has 0 saturated carbocycles. The maximum atomic E-state index is 12.3. The number of carbonyl (C=O) groups excluding carboxylic acids is 1. The second kappa shape index (κ2) is 8.26. The quantitative estimate of drug-likeness (QED) is 0.874. The molecule has 1 N–H and O–H groups in total. The molecular formula is C18H26N4OS. The number of hydrogen-bond donors (Lipinski definition) is 1. The molecule has 0 radical (unpaired) electrons. The third-order valence-electron chi connectivity index (χ3n) is 3.94. The maximum absolute atomic E-state index is 12.3. The van der Waals surface area contributed by atoms with Gasteiger partial charge in [0.05, 0.1) is 23.3 Å². The fourth-order valence-electron chi connectivity index (χ4n) is 2.50. The number of nitrogens with one attached hydrogen (secondary N) is 1. The van der Waals surface area contributed by atoms with E-state index in [1.807, 2.05) is 26.4 Å². The zero-order chi connectivity index (χ0) is 17.7. The summed E-state index contributed by atoms with van der Waals surface area (Å²) in [7, 11) is 5.84. The largest absolute Gasteiger partial charge is 0.336 e. The van der Waals surface area contributed by atoms with Crippen LogP contribution in [0, 0.1) is 13.8 Å². The lowest BCUT2D eigenvalue weighted by atomic mass is 10.0. The van der Waals surface area contributed by atoms with E-state index in [1.165, 1.54) is 11.1 Å². The molecular weight excluding hydrogens is 320 g/mol. The molecule has 0 aliphatic carbocycles. The Morgan fingerprint density at radius 2 is 1.88 bits per heavy atom. The van der Waals surface area contributed by atoms with Crippen molar-refractivity contribution in [2.45, 2.75) is 26.4 Å². The van der Waals surface area contributed by atoms with Gasteiger partial charge in [-0.05, 0) is 33.5 Å². The lowest BCUT2D eigenvalue weighted by molar-refractivity contribution is 0.200. The molecule has 0 bridgehead atoms. The number of urea groups is 1. The standard InChI is InChI=1S/C18H26N4OS/c1-13-6-8-15(9-7-13)17(21(3)4)10-19-18(23)22(5)11-16-12-24-14(2)20-16/h6-9,12,17H,10-11H2,1-5H3,(H,19,23). The number of aryl methyl sites for hydroxylation is 2. The van der Waals surface area contributed by atoms with Crippen LogP contribution in [0.2, 0.25) is 0 Å². The normalized spacial score (nSPS) is 12.2. The van der Waals surface area contributed by atoms with Crippen LogP contribution in [0.1, 0.15) is 27.9 Å². The van der Waals surface area contributed by atoms with E-state index in [0.717, 1.165) is 10.7 Å². The van der Waals surface area contributed by atoms with Gasteiger partial charge in [0.1, 0.15) is 0 Å². The fraction of sp³-hybridized carbons (Fsp3) is 0.444. The van der Waals surface area contributed by atoms with Crippen LogP contribution < -0.4 is 5.32 Å². The van der Waals surface area contributed by atoms with Crippen LogP contribution in [-0.2, 0) is 6.54 Å². The minimum atomic E-state index is -0.0837. The first kappa shape index (κ1) is 18.4. The van der Waals surface area contributed by atoms with Crippen LogP contribution in [0.15, 0.2) is 29.6 Å². The Labute approximate surface area is 148 Å². The number of thiazole rings is 1. The van der Waals surface area contributed by atoms with Crippen molar-refractivity contribution in [1.82, 2.24) is 20.1 Å². The van der Waals surface area contributed by atoms with E-state index in [2.05, 4.69) is 46.4 Å². The van der Waals surface area contributed by atoms with Gasteiger partial charge in [0.15, 0.2) is 0 Å². The van der Waals surface area contributed by atoms with Crippen LogP contribution in [0.3, 0.4) is 0 Å². The van der Waals surface area contributed by atoms with Crippen molar-refractivity contribution in [3.63, 3.8) is 0 Å². The van der Waals surface area contributed by atoms with Crippen molar-refractivity contribution < 1.29 is 4.79 Å². The fourth-order valence-corrected chi connectivity index (χ4v) is 3.11. The molecule has 130 valence electrons. The summed E-state index contributed by atoms with van der Waals surface area (Å²) < 4.78 is 0. The first-order chi connectivity index (χ1) is 11.4. The summed E-state index contributed by atoms with van der Waals surface area (Å²) in [4.78, 5) is 20.5. The zero-order valence-electron chi connectivity index (χ0n) is 15.0. The molecule has 0 aliphatic rings. The monoisotopic (exact) mass is 346 g/mol. The summed E-state index contributed by atoms with van der Waals surface area (Å²) >= 11 is 1.60. The van der Waals surface area contributed by atoms with Gasteiger partial charge >= 0.3 is 6.03 Å². The van der Waals surface area contributed by atoms with E-state index in [1.54, 1.807) is 23.3 Å². The number of carbonyl (C=O) groups is 1. The molecule has 1 aromatic carbocycles. The lowest BCUT2D eigenvalue weighted by Crippen LogP contribution is -2.41. The van der Waals surface area contributed by atoms with Crippen LogP contribution in [0.5, 0.6) is 0 Å². The van der Waals surface area contributed by atoms with Gasteiger partial charge in [-0.3, -0.25) is 0 Å². The van der Waals surface area contributed by atoms with Crippen molar-refractivity contribution in [2.24, 2.45) is 0 Å². The highest BCUT2D eigenvalue weighted by atomic mass is 32.1. The molecule has 0 fully saturated rings. The van der Waals surface area contributed by atoms with Crippen molar-refractivity contribution in [2.75, 3.05) is 27.7 Å². The topological polar surface area (TPSA) is 48.5 Å². The van der Waals surface area contributed by atoms with E-state index in [-0.39, 0.29) is 12.1 Å². The third kappa shape index (κ3) is 5.04. The molecule has 6 heteroatoms. The Kier molecular flexibility index (Phi) is 6.34. The van der Waals surface area contributed by atoms with Gasteiger partial charge in [-0.25, -0.2) is 9.78 Å². The minimum Gasteiger partial charge on any atom is -0.336 e. The Balaban J connectivity index is 1.93. The number of likely N-dealkylation sites (N-methyl/N-ethyl adjacent to an activating group) is 1. The predicted molar refractivity (Wildman–Crippen MR) is 99.3 cm³/mol. The number of hydrogen-bond acceptors (Lipinski definition) is 4. The highest BCUT2D eigenvalue weighted by Gasteiger charge is 2.17. The van der Waals surface area contributed by atoms with Crippen LogP contribution in [0.25, 0.3) is 0 Å². The summed E-state index contributed by atoms with van der Waals surface area (Å²) in [6.07, 6.45) is 0. The molecule has 0 aliphatic heterocycles. The van der Waals surface area contributed by atoms with Crippen molar-refractivity contribution in [3.05, 3.63) is 51.5 Å². The summed E-state index contributed by atoms with van der Waals surface area (Å²) in [5, 5.41) is 6.04. The first-order valence-electron chi connectivity index (χ1n) is 7.99.